The summed E-state index contributed by atoms with van der Waals surface area (Å²) in [5.41, 5.74) is 19.4. The highest BCUT2D eigenvalue weighted by atomic mass is 35.5. The number of rotatable bonds is 32. The number of nitrogen functional groups attached to an aromatic ring is 1. The number of aryl methyl sites for hydroxylation is 3. The van der Waals surface area contributed by atoms with Crippen LogP contribution < -0.4 is 49.5 Å². The Hall–Kier alpha value is -16.0. The van der Waals surface area contributed by atoms with Gasteiger partial charge in [-0.15, -0.1) is 11.6 Å². The van der Waals surface area contributed by atoms with Gasteiger partial charge in [-0.2, -0.15) is 35.1 Å². The molecule has 2 amide bonds. The number of hydrogen-bond acceptors (Lipinski definition) is 20. The molecule has 2 saturated carbocycles. The summed E-state index contributed by atoms with van der Waals surface area (Å²) in [5.74, 6) is 2.56. The number of alkyl halides is 3. The molecule has 5 heterocycles. The number of nitrogens with zero attached hydrogens (tertiary/aromatic N) is 9. The molecule has 2 aliphatic rings. The van der Waals surface area contributed by atoms with E-state index in [0.717, 1.165) is 67.9 Å². The lowest BCUT2D eigenvalue weighted by atomic mass is 10.0. The topological polar surface area (TPSA) is 416 Å². The van der Waals surface area contributed by atoms with Crippen LogP contribution in [0.3, 0.4) is 0 Å². The molecule has 10 aromatic carbocycles. The smallest absolute Gasteiger partial charge is 0.411 e. The third-order valence-corrected chi connectivity index (χ3v) is 26.9. The summed E-state index contributed by atoms with van der Waals surface area (Å²) in [6, 6.07) is 65.4. The fraction of sp³-hybridized carbons (Fsp3) is 0.294. The van der Waals surface area contributed by atoms with Gasteiger partial charge in [0, 0.05) is 123 Å². The van der Waals surface area contributed by atoms with E-state index in [-0.39, 0.29) is 70.1 Å². The summed E-state index contributed by atoms with van der Waals surface area (Å²) < 4.78 is 155. The minimum atomic E-state index is -3.46. The normalized spacial score (nSPS) is 12.2. The summed E-state index contributed by atoms with van der Waals surface area (Å²) in [4.78, 5) is 27.0. The van der Waals surface area contributed by atoms with E-state index in [1.807, 2.05) is 173 Å². The molecule has 15 aromatic rings. The van der Waals surface area contributed by atoms with E-state index >= 15 is 0 Å². The SMILES string of the molecule is CC(C)Oc1ccc2c(C#N)c(-c3ccc(O)c(N)c3)[nH]c2c1.CCCOC(=O)Nc1ccc(F)c(-c2c(C#N)c3ccc(OC(C)C)cc3n2CC)c1.CCCS(=O)(=O)Nc1ccccc1-c1c(C#N)c2ccc(OC)cc2n1CC.CCn1c(-c2cc(NC(=O)OCCCl)ccc2F)c(C#N)c2ccc(OC(C)C)cc21.N#Cc1c(-c2ccc(NS(=O)(=O)C3CC3)cc2)n(CC2CC2)c2cc(OC(F)F)ccc12. The lowest BCUT2D eigenvalue weighted by molar-refractivity contribution is -0.0497. The lowest BCUT2D eigenvalue weighted by Crippen LogP contribution is -2.17. The van der Waals surface area contributed by atoms with Gasteiger partial charge in [0.25, 0.3) is 0 Å². The Morgan fingerprint density at radius 3 is 1.34 bits per heavy atom. The number of aromatic amines is 1. The van der Waals surface area contributed by atoms with E-state index in [9.17, 15) is 75.4 Å². The quantitative estimate of drug-likeness (QED) is 0.00891. The van der Waals surface area contributed by atoms with Crippen LogP contribution in [0.5, 0.6) is 34.5 Å². The van der Waals surface area contributed by atoms with Gasteiger partial charge < -0.3 is 67.3 Å². The van der Waals surface area contributed by atoms with Crippen LogP contribution in [0.2, 0.25) is 0 Å². The first-order valence-electron chi connectivity index (χ1n) is 47.2. The predicted molar refractivity (Wildman–Crippen MR) is 557 cm³/mol. The number of hydrogen-bond donors (Lipinski definition) is 7. The number of nitriles is 5. The number of nitrogens with two attached hydrogens (primary N) is 1. The molecular formula is C109H110ClF4N15O14S2. The molecule has 752 valence electrons. The van der Waals surface area contributed by atoms with Gasteiger partial charge in [0.2, 0.25) is 20.0 Å². The molecule has 145 heavy (non-hydrogen) atoms. The summed E-state index contributed by atoms with van der Waals surface area (Å²) in [6.45, 7) is 21.0. The van der Waals surface area contributed by atoms with Crippen molar-refractivity contribution in [3.05, 3.63) is 234 Å². The number of nitrogens with one attached hydrogen (secondary N) is 5. The zero-order valence-corrected chi connectivity index (χ0v) is 84.3. The number of ether oxygens (including phenoxy) is 7. The third-order valence-electron chi connectivity index (χ3n) is 23.4. The maximum Gasteiger partial charge on any atom is 0.411 e. The number of aromatic nitrogens is 5. The number of carbonyl (C=O) groups is 2. The standard InChI is InChI=1S/C24H26FN3O3.C23H23ClFN3O3.C23H21F2N3O3S.C21H23N3O3S.C18H17N3O2/c1-5-11-30-24(29)27-16-7-10-21(25)19(12-16)23-20(14-26)18-9-8-17(31-15(3)4)13-22(18)28(23)6-2;1-4-28-21-12-16(31-14(2)3)6-7-17(21)19(13-26)22(28)18-11-15(5-8-20(18)25)27-23(29)30-10-9-24;24-23(25)31-17-7-10-19-20(12-26)22(28(21(19)11-17)13-14-1-2-14)15-3-5-16(6-4-15)27-32(29,30)18-8-9-18;1-4-12-28(25,26)23-19-9-7-6-8-17(19)21-18(14-22)16-11-10-15(27-3)13-20(16)24(21)5-2;1-10(2)23-12-4-5-13-14(9-19)18(21-16(13)8-12)11-3-6-17(22)15(20)7-11/h7-10,12-13,15H,5-6,11H2,1-4H3,(H,27,29);5-8,11-12,14H,4,9-10H2,1-3H3,(H,27,29);3-7,10-11,14,18,23,27H,1-2,8-9,13H2;6-11,13,23H,4-5,12H2,1-3H3;3-8,10,21-22H,20H2,1-2H3. The number of H-pyrrole nitrogens is 1. The fourth-order valence-corrected chi connectivity index (χ4v) is 19.6. The maximum absolute atomic E-state index is 14.9. The molecule has 0 spiro atoms. The van der Waals surface area contributed by atoms with Crippen LogP contribution in [0.4, 0.5) is 55.6 Å². The van der Waals surface area contributed by atoms with E-state index in [2.05, 4.69) is 60.1 Å². The largest absolute Gasteiger partial charge is 0.506 e. The first-order chi connectivity index (χ1) is 69.6. The van der Waals surface area contributed by atoms with Crippen molar-refractivity contribution in [1.82, 2.24) is 23.3 Å². The number of anilines is 5. The van der Waals surface area contributed by atoms with Crippen LogP contribution in [-0.2, 0) is 55.7 Å². The van der Waals surface area contributed by atoms with Gasteiger partial charge in [-0.25, -0.2) is 35.2 Å². The Balaban J connectivity index is 0.000000152. The highest BCUT2D eigenvalue weighted by Gasteiger charge is 2.37. The van der Waals surface area contributed by atoms with Gasteiger partial charge in [0.1, 0.15) is 83.1 Å². The number of halogens is 5. The molecular weight excluding hydrogens is 1920 g/mol. The number of phenols is 1. The Morgan fingerprint density at radius 2 is 0.910 bits per heavy atom. The van der Waals surface area contributed by atoms with E-state index in [1.165, 1.54) is 48.5 Å². The van der Waals surface area contributed by atoms with Crippen molar-refractivity contribution >= 4 is 127 Å². The van der Waals surface area contributed by atoms with Crippen LogP contribution in [0.25, 0.3) is 111 Å². The first kappa shape index (κ1) is 106. The summed E-state index contributed by atoms with van der Waals surface area (Å²) >= 11 is 5.52. The van der Waals surface area contributed by atoms with Crippen molar-refractivity contribution < 1.29 is 82.3 Å². The second kappa shape index (κ2) is 47.3. The van der Waals surface area contributed by atoms with E-state index < -0.39 is 50.5 Å². The van der Waals surface area contributed by atoms with Gasteiger partial charge in [-0.05, 0) is 246 Å². The number of para-hydroxylation sites is 1. The molecule has 0 atom stereocenters. The van der Waals surface area contributed by atoms with Crippen LogP contribution in [0.15, 0.2) is 194 Å². The molecule has 36 heteroatoms. The van der Waals surface area contributed by atoms with Gasteiger partial charge in [0.05, 0.1) is 144 Å². The molecule has 17 rings (SSSR count). The summed E-state index contributed by atoms with van der Waals surface area (Å²) in [6.07, 6.45) is 3.52. The first-order valence-corrected chi connectivity index (χ1v) is 51.0. The van der Waals surface area contributed by atoms with Crippen LogP contribution in [-0.4, -0.2) is 120 Å². The van der Waals surface area contributed by atoms with Crippen molar-refractivity contribution in [3.63, 3.8) is 0 Å². The molecule has 0 radical (unpaired) electrons. The van der Waals surface area contributed by atoms with Gasteiger partial charge in [0.15, 0.2) is 0 Å². The van der Waals surface area contributed by atoms with Crippen molar-refractivity contribution in [3.8, 4) is 121 Å². The fourth-order valence-electron chi connectivity index (χ4n) is 17.0. The van der Waals surface area contributed by atoms with Crippen molar-refractivity contribution in [1.29, 1.82) is 26.3 Å². The maximum atomic E-state index is 14.9. The second-order valence-corrected chi connectivity index (χ2v) is 39.1. The zero-order chi connectivity index (χ0) is 104. The molecule has 0 saturated heterocycles. The zero-order valence-electron chi connectivity index (χ0n) is 81.9. The number of amides is 2. The number of fused-ring (bicyclic) bond motifs is 5. The van der Waals surface area contributed by atoms with Crippen LogP contribution in [0, 0.1) is 74.2 Å². The van der Waals surface area contributed by atoms with E-state index in [0.29, 0.717) is 183 Å². The van der Waals surface area contributed by atoms with E-state index in [1.54, 1.807) is 73.8 Å². The Kier molecular flexibility index (Phi) is 34.7. The van der Waals surface area contributed by atoms with Gasteiger partial charge in [-0.1, -0.05) is 44.2 Å². The monoisotopic (exact) mass is 2030 g/mol. The third kappa shape index (κ3) is 25.0. The average Bonchev–Trinajstić information content (AvgIpc) is 2.40. The van der Waals surface area contributed by atoms with Crippen LogP contribution in [0.1, 0.15) is 143 Å². The molecule has 0 bridgehead atoms. The molecule has 0 aliphatic heterocycles. The van der Waals surface area contributed by atoms with Gasteiger partial charge in [-0.3, -0.25) is 20.1 Å². The Bertz CT molecular complexity index is 7630. The lowest BCUT2D eigenvalue weighted by Gasteiger charge is -2.15. The van der Waals surface area contributed by atoms with E-state index in [4.69, 9.17) is 45.8 Å². The molecule has 5 aromatic heterocycles. The van der Waals surface area contributed by atoms with Crippen molar-refractivity contribution in [2.75, 3.05) is 57.8 Å². The molecule has 2 aliphatic carbocycles. The Morgan fingerprint density at radius 1 is 0.483 bits per heavy atom. The predicted octanol–water partition coefficient (Wildman–Crippen LogP) is 25.2. The summed E-state index contributed by atoms with van der Waals surface area (Å²) in [7, 11) is -5.22. The van der Waals surface area contributed by atoms with Crippen molar-refractivity contribution in [2.45, 2.75) is 171 Å². The molecule has 8 N–H and O–H groups in total. The minimum absolute atomic E-state index is 0.00356. The highest BCUT2D eigenvalue weighted by Crippen LogP contribution is 2.46. The average molecular weight is 2030 g/mol. The molecule has 0 unspecified atom stereocenters. The number of benzene rings is 10. The number of aromatic hydroxyl groups is 1. The Labute approximate surface area is 842 Å². The van der Waals surface area contributed by atoms with Crippen molar-refractivity contribution in [2.24, 2.45) is 5.92 Å². The number of methoxy groups -OCH3 is 1. The van der Waals surface area contributed by atoms with Gasteiger partial charge >= 0.3 is 18.8 Å². The number of phenolic OH excluding ortho intramolecular Hbond substituents is 1. The highest BCUT2D eigenvalue weighted by molar-refractivity contribution is 7.93. The number of sulfonamides is 2. The van der Waals surface area contributed by atoms with Crippen LogP contribution >= 0.6 is 11.6 Å². The minimum Gasteiger partial charge on any atom is -0.506 e. The molecule has 2 fully saturated rings. The molecule has 29 nitrogen and oxygen atoms in total. The number of carbonyl (C=O) groups excluding carboxylic acids is 2. The summed E-state index contributed by atoms with van der Waals surface area (Å²) in [5, 5.41) is 67.3. The second-order valence-electron chi connectivity index (χ2n) is 34.9.